The van der Waals surface area contributed by atoms with E-state index in [-0.39, 0.29) is 24.9 Å². The first-order valence-electron chi connectivity index (χ1n) is 8.09. The van der Waals surface area contributed by atoms with Crippen LogP contribution < -0.4 is 0 Å². The summed E-state index contributed by atoms with van der Waals surface area (Å²) in [6, 6.07) is 6.88. The molecule has 0 N–H and O–H groups in total. The maximum atomic E-state index is 14.4. The Morgan fingerprint density at radius 2 is 1.84 bits per heavy atom. The van der Waals surface area contributed by atoms with Gasteiger partial charge in [0.1, 0.15) is 14.0 Å². The van der Waals surface area contributed by atoms with Crippen molar-refractivity contribution < 1.29 is 32.3 Å². The van der Waals surface area contributed by atoms with Crippen molar-refractivity contribution in [2.24, 2.45) is 0 Å². The van der Waals surface area contributed by atoms with Gasteiger partial charge in [-0.15, -0.1) is 0 Å². The summed E-state index contributed by atoms with van der Waals surface area (Å²) in [5.74, 6) is -0.710. The fraction of sp³-hybridized carbons (Fsp3) is 0.562. The Labute approximate surface area is 147 Å². The molecular formula is C16H21BFO6P. The highest BCUT2D eigenvalue weighted by Gasteiger charge is 2.48. The second kappa shape index (κ2) is 8.94. The maximum Gasteiger partial charge on any atom is 0.338 e. The van der Waals surface area contributed by atoms with E-state index in [0.717, 1.165) is 0 Å². The molecule has 4 unspecified atom stereocenters. The van der Waals surface area contributed by atoms with Gasteiger partial charge in [-0.05, 0) is 26.0 Å². The van der Waals surface area contributed by atoms with Gasteiger partial charge < -0.3 is 18.5 Å². The second-order valence-electron chi connectivity index (χ2n) is 5.45. The number of carbonyl (C=O) groups is 1. The molecule has 0 amide bonds. The van der Waals surface area contributed by atoms with Gasteiger partial charge in [-0.1, -0.05) is 18.2 Å². The summed E-state index contributed by atoms with van der Waals surface area (Å²) in [5, 5.41) is 0. The highest BCUT2D eigenvalue weighted by atomic mass is 31.2. The molecule has 0 saturated carbocycles. The molecule has 1 aromatic carbocycles. The molecule has 1 aromatic rings. The average Bonchev–Trinajstić information content (AvgIpc) is 2.83. The molecule has 0 spiro atoms. The van der Waals surface area contributed by atoms with E-state index in [9.17, 15) is 13.8 Å². The quantitative estimate of drug-likeness (QED) is 0.398. The molecule has 0 aromatic heterocycles. The third-order valence-electron chi connectivity index (χ3n) is 3.63. The van der Waals surface area contributed by atoms with Gasteiger partial charge >= 0.3 is 13.6 Å². The number of hydrogen-bond acceptors (Lipinski definition) is 6. The Morgan fingerprint density at radius 1 is 1.24 bits per heavy atom. The van der Waals surface area contributed by atoms with Gasteiger partial charge in [0, 0.05) is 0 Å². The second-order valence-corrected chi connectivity index (χ2v) is 7.55. The molecule has 1 fully saturated rings. The van der Waals surface area contributed by atoms with Crippen molar-refractivity contribution in [2.75, 3.05) is 19.4 Å². The van der Waals surface area contributed by atoms with Crippen molar-refractivity contribution in [1.82, 2.24) is 0 Å². The van der Waals surface area contributed by atoms with E-state index in [2.05, 4.69) is 0 Å². The Kier molecular flexibility index (Phi) is 7.19. The van der Waals surface area contributed by atoms with Gasteiger partial charge in [0.25, 0.3) is 0 Å². The van der Waals surface area contributed by atoms with E-state index < -0.39 is 37.9 Å². The molecule has 4 atom stereocenters. The molecule has 2 rings (SSSR count). The molecule has 1 aliphatic heterocycles. The van der Waals surface area contributed by atoms with Crippen LogP contribution in [0.2, 0.25) is 0 Å². The first kappa shape index (κ1) is 20.1. The van der Waals surface area contributed by atoms with Crippen molar-refractivity contribution in [3.8, 4) is 0 Å². The fourth-order valence-electron chi connectivity index (χ4n) is 2.56. The van der Waals surface area contributed by atoms with Crippen LogP contribution in [0.15, 0.2) is 30.3 Å². The Morgan fingerprint density at radius 3 is 2.40 bits per heavy atom. The zero-order chi connectivity index (χ0) is 18.4. The lowest BCUT2D eigenvalue weighted by molar-refractivity contribution is -0.00400. The zero-order valence-electron chi connectivity index (χ0n) is 14.2. The molecule has 25 heavy (non-hydrogen) atoms. The minimum atomic E-state index is -3.51. The average molecular weight is 370 g/mol. The molecule has 1 aliphatic rings. The van der Waals surface area contributed by atoms with Crippen LogP contribution in [0.1, 0.15) is 24.2 Å². The minimum Gasteiger partial charge on any atom is -0.453 e. The molecule has 0 aliphatic carbocycles. The van der Waals surface area contributed by atoms with Crippen molar-refractivity contribution >= 4 is 21.4 Å². The largest absolute Gasteiger partial charge is 0.453 e. The third kappa shape index (κ3) is 5.14. The molecule has 136 valence electrons. The van der Waals surface area contributed by atoms with E-state index in [1.54, 1.807) is 44.2 Å². The number of rotatable bonds is 8. The van der Waals surface area contributed by atoms with E-state index in [1.807, 2.05) is 0 Å². The van der Waals surface area contributed by atoms with Crippen LogP contribution in [0.3, 0.4) is 0 Å². The highest BCUT2D eigenvalue weighted by Crippen LogP contribution is 2.50. The number of carbonyl (C=O) groups excluding carboxylic acids is 1. The van der Waals surface area contributed by atoms with Crippen LogP contribution in [-0.4, -0.2) is 57.6 Å². The highest BCUT2D eigenvalue weighted by molar-refractivity contribution is 7.53. The molecule has 2 radical (unpaired) electrons. The first-order valence-corrected chi connectivity index (χ1v) is 9.82. The van der Waals surface area contributed by atoms with Crippen LogP contribution >= 0.6 is 7.60 Å². The Balaban J connectivity index is 2.13. The van der Waals surface area contributed by atoms with E-state index >= 15 is 0 Å². The van der Waals surface area contributed by atoms with Crippen molar-refractivity contribution in [1.29, 1.82) is 0 Å². The SMILES string of the molecule is [B]C1OC(CP(=O)(OCC)OCC)C(OC(=O)c2ccccc2)C1F. The molecule has 0 bridgehead atoms. The minimum absolute atomic E-state index is 0.156. The van der Waals surface area contributed by atoms with Crippen LogP contribution in [0, 0.1) is 0 Å². The summed E-state index contributed by atoms with van der Waals surface area (Å²) in [4.78, 5) is 12.2. The molecule has 9 heteroatoms. The predicted molar refractivity (Wildman–Crippen MR) is 90.7 cm³/mol. The summed E-state index contributed by atoms with van der Waals surface area (Å²) in [5.41, 5.74) is 0.270. The van der Waals surface area contributed by atoms with E-state index in [4.69, 9.17) is 26.4 Å². The van der Waals surface area contributed by atoms with Crippen LogP contribution in [0.25, 0.3) is 0 Å². The summed E-state index contributed by atoms with van der Waals surface area (Å²) >= 11 is 0. The van der Waals surface area contributed by atoms with Gasteiger partial charge in [-0.25, -0.2) is 9.18 Å². The predicted octanol–water partition coefficient (Wildman–Crippen LogP) is 2.71. The Hall–Kier alpha value is -1.21. The van der Waals surface area contributed by atoms with Crippen LogP contribution in [-0.2, 0) is 23.1 Å². The monoisotopic (exact) mass is 370 g/mol. The number of ether oxygens (including phenoxy) is 2. The molecule has 1 heterocycles. The Bertz CT molecular complexity index is 606. The third-order valence-corrected chi connectivity index (χ3v) is 5.74. The molecule has 1 saturated heterocycles. The number of esters is 1. The topological polar surface area (TPSA) is 71.1 Å². The normalized spacial score (nSPS) is 26.5. The summed E-state index contributed by atoms with van der Waals surface area (Å²) in [6.45, 7) is 3.64. The number of alkyl halides is 1. The zero-order valence-corrected chi connectivity index (χ0v) is 15.1. The van der Waals surface area contributed by atoms with Gasteiger partial charge in [0.15, 0.2) is 12.3 Å². The lowest BCUT2D eigenvalue weighted by atomic mass is 9.94. The molecular weight excluding hydrogens is 349 g/mol. The summed E-state index contributed by atoms with van der Waals surface area (Å²) in [7, 11) is 2.07. The van der Waals surface area contributed by atoms with Crippen molar-refractivity contribution in [3.63, 3.8) is 0 Å². The fourth-order valence-corrected chi connectivity index (χ4v) is 4.36. The molecule has 6 nitrogen and oxygen atoms in total. The van der Waals surface area contributed by atoms with Crippen LogP contribution in [0.4, 0.5) is 4.39 Å². The maximum absolute atomic E-state index is 14.4. The van der Waals surface area contributed by atoms with Gasteiger partial charge in [-0.2, -0.15) is 0 Å². The summed E-state index contributed by atoms with van der Waals surface area (Å²) < 4.78 is 47.9. The number of benzene rings is 1. The standard InChI is InChI=1S/C16H21BFO6P/c1-3-21-25(20,22-4-2)10-12-14(13(18)15(17)23-12)24-16(19)11-8-6-5-7-9-11/h5-9,12-15H,3-4,10H2,1-2H3. The lowest BCUT2D eigenvalue weighted by Crippen LogP contribution is -2.36. The van der Waals surface area contributed by atoms with Crippen LogP contribution in [0.5, 0.6) is 0 Å². The van der Waals surface area contributed by atoms with Crippen molar-refractivity contribution in [3.05, 3.63) is 35.9 Å². The van der Waals surface area contributed by atoms with Gasteiger partial charge in [-0.3, -0.25) is 4.57 Å². The summed E-state index contributed by atoms with van der Waals surface area (Å²) in [6.07, 6.45) is -4.32. The number of hydrogen-bond donors (Lipinski definition) is 0. The smallest absolute Gasteiger partial charge is 0.338 e. The van der Waals surface area contributed by atoms with E-state index in [1.165, 1.54) is 0 Å². The number of halogens is 1. The van der Waals surface area contributed by atoms with E-state index in [0.29, 0.717) is 0 Å². The lowest BCUT2D eigenvalue weighted by Gasteiger charge is -2.24. The van der Waals surface area contributed by atoms with Gasteiger partial charge in [0.05, 0.1) is 30.9 Å². The van der Waals surface area contributed by atoms with Gasteiger partial charge in [0.2, 0.25) is 0 Å². The first-order chi connectivity index (χ1) is 11.9. The van der Waals surface area contributed by atoms with Crippen molar-refractivity contribution in [2.45, 2.75) is 38.2 Å².